The molecule has 0 aliphatic heterocycles. The van der Waals surface area contributed by atoms with E-state index in [1.807, 2.05) is 25.1 Å². The van der Waals surface area contributed by atoms with Gasteiger partial charge in [0.25, 0.3) is 0 Å². The summed E-state index contributed by atoms with van der Waals surface area (Å²) in [5, 5.41) is 13.0. The molecular formula is C25H24Cl3NO2. The van der Waals surface area contributed by atoms with Crippen molar-refractivity contribution in [3.63, 3.8) is 0 Å². The van der Waals surface area contributed by atoms with Gasteiger partial charge >= 0.3 is 0 Å². The number of rotatable bonds is 8. The van der Waals surface area contributed by atoms with Crippen molar-refractivity contribution in [2.24, 2.45) is 0 Å². The van der Waals surface area contributed by atoms with Crippen LogP contribution in [0.3, 0.4) is 0 Å². The lowest BCUT2D eigenvalue weighted by Gasteiger charge is -2.35. The van der Waals surface area contributed by atoms with Crippen molar-refractivity contribution in [3.05, 3.63) is 99.0 Å². The van der Waals surface area contributed by atoms with Gasteiger partial charge in [0, 0.05) is 20.8 Å². The summed E-state index contributed by atoms with van der Waals surface area (Å²) in [4.78, 5) is 15.2. The highest BCUT2D eigenvalue weighted by Gasteiger charge is 2.31. The lowest BCUT2D eigenvalue weighted by atomic mass is 9.95. The van der Waals surface area contributed by atoms with Crippen LogP contribution in [0.1, 0.15) is 37.0 Å². The lowest BCUT2D eigenvalue weighted by molar-refractivity contribution is -0.119. The van der Waals surface area contributed by atoms with Gasteiger partial charge in [0.05, 0.1) is 18.6 Å². The first kappa shape index (κ1) is 23.6. The molecule has 3 nitrogen and oxygen atoms in total. The van der Waals surface area contributed by atoms with Gasteiger partial charge in [0.15, 0.2) is 0 Å². The monoisotopic (exact) mass is 475 g/mol. The second kappa shape index (κ2) is 11.0. The van der Waals surface area contributed by atoms with Crippen molar-refractivity contribution in [3.8, 4) is 0 Å². The third kappa shape index (κ3) is 6.24. The molecule has 0 saturated carbocycles. The highest BCUT2D eigenvalue weighted by molar-refractivity contribution is 6.31. The Kier molecular flexibility index (Phi) is 8.39. The van der Waals surface area contributed by atoms with Crippen molar-refractivity contribution in [2.75, 3.05) is 4.90 Å². The molecule has 3 aromatic rings. The van der Waals surface area contributed by atoms with Crippen molar-refractivity contribution < 1.29 is 9.90 Å². The Morgan fingerprint density at radius 3 is 2.10 bits per heavy atom. The second-order valence-electron chi connectivity index (χ2n) is 7.40. The van der Waals surface area contributed by atoms with Crippen LogP contribution in [-0.2, 0) is 11.2 Å². The molecule has 0 spiro atoms. The quantitative estimate of drug-likeness (QED) is 0.376. The highest BCUT2D eigenvalue weighted by Crippen LogP contribution is 2.31. The van der Waals surface area contributed by atoms with Crippen LogP contribution >= 0.6 is 34.8 Å². The molecule has 0 aliphatic carbocycles. The van der Waals surface area contributed by atoms with Gasteiger partial charge in [-0.3, -0.25) is 4.79 Å². The van der Waals surface area contributed by atoms with Crippen LogP contribution in [0.15, 0.2) is 72.8 Å². The van der Waals surface area contributed by atoms with Gasteiger partial charge in [0.2, 0.25) is 5.91 Å². The third-order valence-electron chi connectivity index (χ3n) is 5.11. The zero-order chi connectivity index (χ0) is 22.4. The van der Waals surface area contributed by atoms with Crippen molar-refractivity contribution in [2.45, 2.75) is 38.3 Å². The number of hydrogen-bond acceptors (Lipinski definition) is 2. The largest absolute Gasteiger partial charge is 0.386 e. The molecule has 0 bridgehead atoms. The maximum absolute atomic E-state index is 13.5. The van der Waals surface area contributed by atoms with Crippen molar-refractivity contribution >= 4 is 46.4 Å². The summed E-state index contributed by atoms with van der Waals surface area (Å²) in [7, 11) is 0. The number of amides is 1. The van der Waals surface area contributed by atoms with E-state index in [4.69, 9.17) is 34.8 Å². The minimum Gasteiger partial charge on any atom is -0.386 e. The average Bonchev–Trinajstić information content (AvgIpc) is 2.76. The number of nitrogens with zero attached hydrogens (tertiary/aromatic N) is 1. The Morgan fingerprint density at radius 2 is 1.52 bits per heavy atom. The summed E-state index contributed by atoms with van der Waals surface area (Å²) in [6.45, 7) is 2.03. The minimum atomic E-state index is -0.900. The fraction of sp³-hybridized carbons (Fsp3) is 0.240. The molecule has 2 atom stereocenters. The number of carbonyl (C=O) groups excluding carboxylic acids is 1. The zero-order valence-electron chi connectivity index (χ0n) is 17.1. The molecular weight excluding hydrogens is 453 g/mol. The average molecular weight is 477 g/mol. The van der Waals surface area contributed by atoms with Crippen LogP contribution in [0.25, 0.3) is 0 Å². The number of carbonyl (C=O) groups is 1. The fourth-order valence-electron chi connectivity index (χ4n) is 3.62. The molecule has 0 saturated heterocycles. The van der Waals surface area contributed by atoms with Crippen LogP contribution in [-0.4, -0.2) is 17.1 Å². The number of benzene rings is 3. The van der Waals surface area contributed by atoms with Gasteiger partial charge in [-0.25, -0.2) is 0 Å². The van der Waals surface area contributed by atoms with E-state index >= 15 is 0 Å². The normalized spacial score (nSPS) is 12.9. The topological polar surface area (TPSA) is 40.5 Å². The molecule has 2 unspecified atom stereocenters. The number of hydrogen-bond donors (Lipinski definition) is 1. The summed E-state index contributed by atoms with van der Waals surface area (Å²) in [5.74, 6) is -0.121. The summed E-state index contributed by atoms with van der Waals surface area (Å²) >= 11 is 18.2. The molecule has 1 N–H and O–H groups in total. The van der Waals surface area contributed by atoms with Crippen molar-refractivity contribution in [1.29, 1.82) is 0 Å². The zero-order valence-corrected chi connectivity index (χ0v) is 19.4. The molecule has 3 aromatic carbocycles. The lowest BCUT2D eigenvalue weighted by Crippen LogP contribution is -2.45. The van der Waals surface area contributed by atoms with Crippen molar-refractivity contribution in [1.82, 2.24) is 0 Å². The Hall–Kier alpha value is -2.04. The molecule has 31 heavy (non-hydrogen) atoms. The smallest absolute Gasteiger partial charge is 0.231 e. The van der Waals surface area contributed by atoms with Gasteiger partial charge in [-0.15, -0.1) is 0 Å². The number of halogens is 3. The third-order valence-corrected chi connectivity index (χ3v) is 5.85. The van der Waals surface area contributed by atoms with Gasteiger partial charge in [0.1, 0.15) is 0 Å². The van der Waals surface area contributed by atoms with Crippen LogP contribution < -0.4 is 4.90 Å². The second-order valence-corrected chi connectivity index (χ2v) is 8.71. The maximum atomic E-state index is 13.5. The first-order valence-electron chi connectivity index (χ1n) is 10.1. The standard InChI is InChI=1S/C25H24Cl3NO2/c1-2-4-23(25(31)18-5-3-6-21(28)16-18)29(22-13-11-20(27)12-14-22)24(30)15-17-7-9-19(26)10-8-17/h3,5-14,16,23,25,31H,2,4,15H2,1H3. The summed E-state index contributed by atoms with van der Waals surface area (Å²) in [6.07, 6.45) is 0.689. The molecule has 0 radical (unpaired) electrons. The van der Waals surface area contributed by atoms with Gasteiger partial charge in [-0.05, 0) is 66.1 Å². The predicted molar refractivity (Wildman–Crippen MR) is 129 cm³/mol. The van der Waals surface area contributed by atoms with E-state index < -0.39 is 12.1 Å². The number of aliphatic hydroxyl groups excluding tert-OH is 1. The Morgan fingerprint density at radius 1 is 0.903 bits per heavy atom. The van der Waals surface area contributed by atoms with E-state index in [2.05, 4.69) is 0 Å². The predicted octanol–water partition coefficient (Wildman–Crippen LogP) is 7.12. The molecule has 6 heteroatoms. The molecule has 0 fully saturated rings. The van der Waals surface area contributed by atoms with E-state index in [1.165, 1.54) is 0 Å². The summed E-state index contributed by atoms with van der Waals surface area (Å²) in [5.41, 5.74) is 2.20. The van der Waals surface area contributed by atoms with Crippen LogP contribution in [0, 0.1) is 0 Å². The molecule has 1 amide bonds. The summed E-state index contributed by atoms with van der Waals surface area (Å²) in [6, 6.07) is 20.9. The molecule has 0 heterocycles. The molecule has 0 aliphatic rings. The fourth-order valence-corrected chi connectivity index (χ4v) is 4.07. The number of anilines is 1. The van der Waals surface area contributed by atoms with E-state index in [0.29, 0.717) is 32.7 Å². The van der Waals surface area contributed by atoms with E-state index in [1.54, 1.807) is 59.5 Å². The van der Waals surface area contributed by atoms with Crippen LogP contribution in [0.2, 0.25) is 15.1 Å². The Balaban J connectivity index is 2.00. The maximum Gasteiger partial charge on any atom is 0.231 e. The van der Waals surface area contributed by atoms with E-state index in [-0.39, 0.29) is 12.3 Å². The first-order chi connectivity index (χ1) is 14.9. The van der Waals surface area contributed by atoms with Gasteiger partial charge in [-0.1, -0.05) is 72.4 Å². The summed E-state index contributed by atoms with van der Waals surface area (Å²) < 4.78 is 0. The Bertz CT molecular complexity index is 1010. The first-order valence-corrected chi connectivity index (χ1v) is 11.3. The highest BCUT2D eigenvalue weighted by atomic mass is 35.5. The van der Waals surface area contributed by atoms with Gasteiger partial charge < -0.3 is 10.0 Å². The molecule has 162 valence electrons. The van der Waals surface area contributed by atoms with Gasteiger partial charge in [-0.2, -0.15) is 0 Å². The SMILES string of the molecule is CCCC(C(O)c1cccc(Cl)c1)N(C(=O)Cc1ccc(Cl)cc1)c1ccc(Cl)cc1. The van der Waals surface area contributed by atoms with E-state index in [9.17, 15) is 9.90 Å². The minimum absolute atomic E-state index is 0.121. The Labute approximate surface area is 198 Å². The van der Waals surface area contributed by atoms with E-state index in [0.717, 1.165) is 12.0 Å². The van der Waals surface area contributed by atoms with Crippen LogP contribution in [0.4, 0.5) is 5.69 Å². The van der Waals surface area contributed by atoms with Crippen LogP contribution in [0.5, 0.6) is 0 Å². The molecule has 0 aromatic heterocycles. The molecule has 3 rings (SSSR count). The number of aliphatic hydroxyl groups is 1.